The fraction of sp³-hybridized carbons (Fsp3) is 0.357. The third-order valence-electron chi connectivity index (χ3n) is 2.30. The van der Waals surface area contributed by atoms with Crippen molar-refractivity contribution in [2.45, 2.75) is 19.8 Å². The summed E-state index contributed by atoms with van der Waals surface area (Å²) in [7, 11) is 0. The molecule has 0 aromatic heterocycles. The van der Waals surface area contributed by atoms with Crippen LogP contribution in [0.1, 0.15) is 18.4 Å². The molecule has 3 nitrogen and oxygen atoms in total. The number of esters is 1. The molecule has 3 heteroatoms. The molecule has 0 unspecified atom stereocenters. The molecule has 0 saturated carbocycles. The van der Waals surface area contributed by atoms with E-state index in [4.69, 9.17) is 9.47 Å². The van der Waals surface area contributed by atoms with Gasteiger partial charge in [0.15, 0.2) is 0 Å². The molecule has 0 aliphatic heterocycles. The van der Waals surface area contributed by atoms with E-state index in [2.05, 4.69) is 6.58 Å². The van der Waals surface area contributed by atoms with E-state index in [0.29, 0.717) is 13.2 Å². The lowest BCUT2D eigenvalue weighted by molar-refractivity contribution is -0.137. The smallest absolute Gasteiger partial charge is 0.330 e. The van der Waals surface area contributed by atoms with Gasteiger partial charge >= 0.3 is 5.97 Å². The molecule has 92 valence electrons. The highest BCUT2D eigenvalue weighted by molar-refractivity contribution is 5.81. The van der Waals surface area contributed by atoms with Gasteiger partial charge < -0.3 is 9.47 Å². The first-order valence-electron chi connectivity index (χ1n) is 5.71. The lowest BCUT2D eigenvalue weighted by Crippen LogP contribution is -2.04. The minimum absolute atomic E-state index is 0.371. The van der Waals surface area contributed by atoms with E-state index in [-0.39, 0.29) is 5.97 Å². The molecule has 0 aliphatic carbocycles. The fourth-order valence-electron chi connectivity index (χ4n) is 1.34. The van der Waals surface area contributed by atoms with Crippen LogP contribution in [-0.2, 0) is 9.53 Å². The predicted octanol–water partition coefficient (Wildman–Crippen LogP) is 2.88. The molecule has 17 heavy (non-hydrogen) atoms. The van der Waals surface area contributed by atoms with Gasteiger partial charge in [-0.05, 0) is 31.4 Å². The Balaban J connectivity index is 2.11. The Labute approximate surface area is 102 Å². The summed E-state index contributed by atoms with van der Waals surface area (Å²) < 4.78 is 10.5. The molecule has 0 amide bonds. The summed E-state index contributed by atoms with van der Waals surface area (Å²) in [5.41, 5.74) is 1.13. The fourth-order valence-corrected chi connectivity index (χ4v) is 1.34. The third-order valence-corrected chi connectivity index (χ3v) is 2.30. The summed E-state index contributed by atoms with van der Waals surface area (Å²) in [5.74, 6) is 0.542. The molecular formula is C14H18O3. The van der Waals surface area contributed by atoms with E-state index in [9.17, 15) is 4.79 Å². The molecule has 0 aliphatic rings. The minimum atomic E-state index is -0.371. The largest absolute Gasteiger partial charge is 0.493 e. The first kappa shape index (κ1) is 13.3. The Morgan fingerprint density at radius 1 is 1.29 bits per heavy atom. The molecular weight excluding hydrogens is 216 g/mol. The number of benzene rings is 1. The van der Waals surface area contributed by atoms with E-state index < -0.39 is 0 Å². The minimum Gasteiger partial charge on any atom is -0.493 e. The van der Waals surface area contributed by atoms with Crippen LogP contribution in [0.2, 0.25) is 0 Å². The summed E-state index contributed by atoms with van der Waals surface area (Å²) in [5, 5.41) is 0. The SMILES string of the molecule is C=CC(=O)OCCCCOc1ccccc1C. The Hall–Kier alpha value is -1.77. The molecule has 1 aromatic rings. The van der Waals surface area contributed by atoms with Gasteiger partial charge in [0.1, 0.15) is 5.75 Å². The zero-order chi connectivity index (χ0) is 12.5. The maximum absolute atomic E-state index is 10.7. The lowest BCUT2D eigenvalue weighted by atomic mass is 10.2. The van der Waals surface area contributed by atoms with Gasteiger partial charge in [0.05, 0.1) is 13.2 Å². The van der Waals surface area contributed by atoms with Crippen LogP contribution in [0.15, 0.2) is 36.9 Å². The van der Waals surface area contributed by atoms with Crippen LogP contribution in [0.4, 0.5) is 0 Å². The Morgan fingerprint density at radius 3 is 2.71 bits per heavy atom. The number of carbonyl (C=O) groups excluding carboxylic acids is 1. The molecule has 1 aromatic carbocycles. The molecule has 0 radical (unpaired) electrons. The Kier molecular flexibility index (Phi) is 5.86. The third kappa shape index (κ3) is 5.20. The van der Waals surface area contributed by atoms with Crippen molar-refractivity contribution < 1.29 is 14.3 Å². The first-order valence-corrected chi connectivity index (χ1v) is 5.71. The summed E-state index contributed by atoms with van der Waals surface area (Å²) in [6.45, 7) is 6.39. The van der Waals surface area contributed by atoms with E-state index in [1.807, 2.05) is 31.2 Å². The molecule has 0 spiro atoms. The number of para-hydroxylation sites is 1. The normalized spacial score (nSPS) is 9.71. The average Bonchev–Trinajstić information content (AvgIpc) is 2.35. The Morgan fingerprint density at radius 2 is 2.00 bits per heavy atom. The summed E-state index contributed by atoms with van der Waals surface area (Å²) in [6.07, 6.45) is 2.83. The topological polar surface area (TPSA) is 35.5 Å². The van der Waals surface area contributed by atoms with E-state index >= 15 is 0 Å². The standard InChI is InChI=1S/C14H18O3/c1-3-14(15)17-11-7-6-10-16-13-9-5-4-8-12(13)2/h3-5,8-9H,1,6-7,10-11H2,2H3. The first-order chi connectivity index (χ1) is 8.24. The van der Waals surface area contributed by atoms with Crippen molar-refractivity contribution in [1.82, 2.24) is 0 Å². The van der Waals surface area contributed by atoms with Gasteiger partial charge in [-0.2, -0.15) is 0 Å². The number of rotatable bonds is 7. The second-order valence-electron chi connectivity index (χ2n) is 3.69. The van der Waals surface area contributed by atoms with Crippen molar-refractivity contribution in [3.8, 4) is 5.75 Å². The molecule has 0 fully saturated rings. The number of ether oxygens (including phenoxy) is 2. The summed E-state index contributed by atoms with van der Waals surface area (Å²) in [4.78, 5) is 10.7. The van der Waals surface area contributed by atoms with Gasteiger partial charge in [-0.3, -0.25) is 0 Å². The van der Waals surface area contributed by atoms with Crippen molar-refractivity contribution in [1.29, 1.82) is 0 Å². The van der Waals surface area contributed by atoms with Crippen molar-refractivity contribution in [2.24, 2.45) is 0 Å². The highest BCUT2D eigenvalue weighted by Crippen LogP contribution is 2.16. The van der Waals surface area contributed by atoms with E-state index in [1.165, 1.54) is 6.08 Å². The maximum Gasteiger partial charge on any atom is 0.330 e. The molecule has 1 rings (SSSR count). The van der Waals surface area contributed by atoms with Crippen molar-refractivity contribution in [3.63, 3.8) is 0 Å². The van der Waals surface area contributed by atoms with Gasteiger partial charge in [0, 0.05) is 6.08 Å². The summed E-state index contributed by atoms with van der Waals surface area (Å²) in [6, 6.07) is 7.90. The zero-order valence-electron chi connectivity index (χ0n) is 10.1. The quantitative estimate of drug-likeness (QED) is 0.413. The number of hydrogen-bond donors (Lipinski definition) is 0. The molecule has 0 saturated heterocycles. The van der Waals surface area contributed by atoms with Gasteiger partial charge in [-0.1, -0.05) is 24.8 Å². The molecule has 0 atom stereocenters. The van der Waals surface area contributed by atoms with Crippen LogP contribution >= 0.6 is 0 Å². The summed E-state index contributed by atoms with van der Waals surface area (Å²) >= 11 is 0. The van der Waals surface area contributed by atoms with Crippen molar-refractivity contribution in [2.75, 3.05) is 13.2 Å². The number of carbonyl (C=O) groups is 1. The monoisotopic (exact) mass is 234 g/mol. The van der Waals surface area contributed by atoms with Crippen molar-refractivity contribution >= 4 is 5.97 Å². The van der Waals surface area contributed by atoms with Crippen LogP contribution < -0.4 is 4.74 Å². The van der Waals surface area contributed by atoms with Gasteiger partial charge in [0.2, 0.25) is 0 Å². The Bertz CT molecular complexity index is 371. The highest BCUT2D eigenvalue weighted by Gasteiger charge is 1.98. The predicted molar refractivity (Wildman–Crippen MR) is 67.1 cm³/mol. The molecule has 0 N–H and O–H groups in total. The van der Waals surface area contributed by atoms with Crippen LogP contribution in [0.5, 0.6) is 5.75 Å². The van der Waals surface area contributed by atoms with Crippen LogP contribution in [0, 0.1) is 6.92 Å². The van der Waals surface area contributed by atoms with Gasteiger partial charge in [-0.25, -0.2) is 4.79 Å². The van der Waals surface area contributed by atoms with Gasteiger partial charge in [0.25, 0.3) is 0 Å². The maximum atomic E-state index is 10.7. The average molecular weight is 234 g/mol. The van der Waals surface area contributed by atoms with Crippen molar-refractivity contribution in [3.05, 3.63) is 42.5 Å². The lowest BCUT2D eigenvalue weighted by Gasteiger charge is -2.08. The van der Waals surface area contributed by atoms with Crippen LogP contribution in [-0.4, -0.2) is 19.2 Å². The number of unbranched alkanes of at least 4 members (excludes halogenated alkanes) is 1. The van der Waals surface area contributed by atoms with E-state index in [0.717, 1.165) is 24.2 Å². The van der Waals surface area contributed by atoms with Crippen LogP contribution in [0.25, 0.3) is 0 Å². The molecule has 0 heterocycles. The van der Waals surface area contributed by atoms with Crippen LogP contribution in [0.3, 0.4) is 0 Å². The second kappa shape index (κ2) is 7.49. The van der Waals surface area contributed by atoms with Gasteiger partial charge in [-0.15, -0.1) is 0 Å². The number of aryl methyl sites for hydroxylation is 1. The highest BCUT2D eigenvalue weighted by atomic mass is 16.5. The number of hydrogen-bond acceptors (Lipinski definition) is 3. The molecule has 0 bridgehead atoms. The second-order valence-corrected chi connectivity index (χ2v) is 3.69. The van der Waals surface area contributed by atoms with E-state index in [1.54, 1.807) is 0 Å². The zero-order valence-corrected chi connectivity index (χ0v) is 10.1.